The quantitative estimate of drug-likeness (QED) is 0.645. The molecule has 27 heavy (non-hydrogen) atoms. The van der Waals surface area contributed by atoms with E-state index in [9.17, 15) is 4.79 Å². The maximum absolute atomic E-state index is 12.6. The second-order valence-corrected chi connectivity index (χ2v) is 6.32. The number of amides is 1. The molecular formula is C22H24N2O3. The van der Waals surface area contributed by atoms with Crippen LogP contribution >= 0.6 is 0 Å². The van der Waals surface area contributed by atoms with E-state index in [4.69, 9.17) is 9.15 Å². The van der Waals surface area contributed by atoms with Crippen molar-refractivity contribution in [1.29, 1.82) is 0 Å². The van der Waals surface area contributed by atoms with Crippen molar-refractivity contribution in [3.63, 3.8) is 0 Å². The number of benzene rings is 2. The van der Waals surface area contributed by atoms with Crippen LogP contribution in [0.1, 0.15) is 37.6 Å². The summed E-state index contributed by atoms with van der Waals surface area (Å²) in [5, 5.41) is 2.99. The number of carbonyl (C=O) groups is 1. The minimum atomic E-state index is -0.124. The number of carbonyl (C=O) groups excluding carboxylic acids is 1. The van der Waals surface area contributed by atoms with Crippen LogP contribution in [0.5, 0.6) is 5.75 Å². The summed E-state index contributed by atoms with van der Waals surface area (Å²) in [4.78, 5) is 17.0. The number of oxazole rings is 1. The van der Waals surface area contributed by atoms with Gasteiger partial charge in [-0.2, -0.15) is 0 Å². The Bertz CT molecular complexity index is 900. The van der Waals surface area contributed by atoms with Gasteiger partial charge in [0.1, 0.15) is 5.75 Å². The van der Waals surface area contributed by atoms with Crippen molar-refractivity contribution in [3.05, 3.63) is 60.3 Å². The molecule has 2 aromatic carbocycles. The first-order chi connectivity index (χ1) is 13.1. The maximum Gasteiger partial charge on any atom is 0.252 e. The zero-order chi connectivity index (χ0) is 19.2. The fraction of sp³-hybridized carbons (Fsp3) is 0.273. The van der Waals surface area contributed by atoms with Gasteiger partial charge in [0.2, 0.25) is 5.89 Å². The van der Waals surface area contributed by atoms with Crippen molar-refractivity contribution < 1.29 is 13.9 Å². The Kier molecular flexibility index (Phi) is 5.91. The van der Waals surface area contributed by atoms with Crippen LogP contribution in [0, 0.1) is 0 Å². The van der Waals surface area contributed by atoms with Gasteiger partial charge in [-0.1, -0.05) is 19.1 Å². The van der Waals surface area contributed by atoms with Crippen LogP contribution in [0.25, 0.3) is 22.8 Å². The summed E-state index contributed by atoms with van der Waals surface area (Å²) in [5.74, 6) is 1.76. The number of nitrogens with one attached hydrogen (secondary N) is 1. The average Bonchev–Trinajstić information content (AvgIpc) is 3.18. The Hall–Kier alpha value is -3.08. The largest absolute Gasteiger partial charge is 0.494 e. The van der Waals surface area contributed by atoms with Crippen molar-refractivity contribution in [2.24, 2.45) is 0 Å². The highest BCUT2D eigenvalue weighted by Crippen LogP contribution is 2.29. The Labute approximate surface area is 159 Å². The molecule has 1 amide bonds. The summed E-state index contributed by atoms with van der Waals surface area (Å²) < 4.78 is 11.4. The maximum atomic E-state index is 12.6. The smallest absolute Gasteiger partial charge is 0.252 e. The van der Waals surface area contributed by atoms with Crippen LogP contribution < -0.4 is 10.1 Å². The van der Waals surface area contributed by atoms with E-state index in [0.717, 1.165) is 17.7 Å². The number of hydrogen-bond donors (Lipinski definition) is 1. The van der Waals surface area contributed by atoms with Crippen molar-refractivity contribution in [1.82, 2.24) is 10.3 Å². The summed E-state index contributed by atoms with van der Waals surface area (Å²) in [7, 11) is 0. The average molecular weight is 364 g/mol. The van der Waals surface area contributed by atoms with Gasteiger partial charge in [0.05, 0.1) is 18.4 Å². The number of hydrogen-bond acceptors (Lipinski definition) is 4. The van der Waals surface area contributed by atoms with E-state index in [2.05, 4.69) is 10.3 Å². The van der Waals surface area contributed by atoms with Crippen molar-refractivity contribution in [2.75, 3.05) is 6.61 Å². The van der Waals surface area contributed by atoms with E-state index >= 15 is 0 Å². The Balaban J connectivity index is 1.87. The van der Waals surface area contributed by atoms with Crippen LogP contribution in [0.4, 0.5) is 0 Å². The Morgan fingerprint density at radius 3 is 2.59 bits per heavy atom. The highest BCUT2D eigenvalue weighted by atomic mass is 16.5. The molecule has 3 rings (SSSR count). The lowest BCUT2D eigenvalue weighted by atomic mass is 10.1. The third kappa shape index (κ3) is 4.37. The SMILES string of the molecule is CCOc1ccc(-c2cnc(-c3ccccc3C(=O)N[C@H](C)CC)o2)cc1. The highest BCUT2D eigenvalue weighted by Gasteiger charge is 2.17. The summed E-state index contributed by atoms with van der Waals surface area (Å²) >= 11 is 0. The molecule has 1 heterocycles. The van der Waals surface area contributed by atoms with Crippen molar-refractivity contribution >= 4 is 5.91 Å². The lowest BCUT2D eigenvalue weighted by molar-refractivity contribution is 0.0939. The first-order valence-electron chi connectivity index (χ1n) is 9.21. The highest BCUT2D eigenvalue weighted by molar-refractivity contribution is 6.00. The van der Waals surface area contributed by atoms with E-state index in [1.54, 1.807) is 12.3 Å². The molecule has 5 heteroatoms. The molecule has 1 N–H and O–H groups in total. The molecule has 0 saturated heterocycles. The summed E-state index contributed by atoms with van der Waals surface area (Å²) in [6.07, 6.45) is 2.54. The van der Waals surface area contributed by atoms with Crippen LogP contribution in [-0.4, -0.2) is 23.5 Å². The standard InChI is InChI=1S/C22H24N2O3/c1-4-15(3)24-21(25)18-8-6-7-9-19(18)22-23-14-20(27-22)16-10-12-17(13-11-16)26-5-2/h6-15H,4-5H2,1-3H3,(H,24,25)/t15-/m1/s1. The molecule has 0 bridgehead atoms. The molecule has 0 fully saturated rings. The fourth-order valence-electron chi connectivity index (χ4n) is 2.69. The van der Waals surface area contributed by atoms with Crippen LogP contribution in [0.3, 0.4) is 0 Å². The fourth-order valence-corrected chi connectivity index (χ4v) is 2.69. The second kappa shape index (κ2) is 8.54. The Morgan fingerprint density at radius 1 is 1.15 bits per heavy atom. The summed E-state index contributed by atoms with van der Waals surface area (Å²) in [5.41, 5.74) is 2.13. The van der Waals surface area contributed by atoms with Gasteiger partial charge in [0.15, 0.2) is 5.76 Å². The molecule has 0 aliphatic rings. The molecule has 0 spiro atoms. The predicted molar refractivity (Wildman–Crippen MR) is 106 cm³/mol. The molecule has 1 aromatic heterocycles. The molecule has 140 valence electrons. The van der Waals surface area contributed by atoms with Gasteiger partial charge in [-0.15, -0.1) is 0 Å². The minimum Gasteiger partial charge on any atom is -0.494 e. The van der Waals surface area contributed by atoms with Gasteiger partial charge in [-0.3, -0.25) is 4.79 Å². The van der Waals surface area contributed by atoms with Crippen molar-refractivity contribution in [2.45, 2.75) is 33.2 Å². The first-order valence-corrected chi connectivity index (χ1v) is 9.21. The number of nitrogens with zero attached hydrogens (tertiary/aromatic N) is 1. The zero-order valence-corrected chi connectivity index (χ0v) is 15.9. The molecular weight excluding hydrogens is 340 g/mol. The topological polar surface area (TPSA) is 64.4 Å². The second-order valence-electron chi connectivity index (χ2n) is 6.32. The van der Waals surface area contributed by atoms with Gasteiger partial charge in [-0.25, -0.2) is 4.98 Å². The molecule has 0 aliphatic heterocycles. The first kappa shape index (κ1) is 18.7. The normalized spacial score (nSPS) is 11.8. The van der Waals surface area contributed by atoms with Gasteiger partial charge in [0.25, 0.3) is 5.91 Å². The molecule has 0 aliphatic carbocycles. The molecule has 5 nitrogen and oxygen atoms in total. The third-order valence-electron chi connectivity index (χ3n) is 4.35. The predicted octanol–water partition coefficient (Wildman–Crippen LogP) is 4.94. The third-order valence-corrected chi connectivity index (χ3v) is 4.35. The van der Waals surface area contributed by atoms with E-state index < -0.39 is 0 Å². The number of aromatic nitrogens is 1. The number of ether oxygens (including phenoxy) is 1. The molecule has 3 aromatic rings. The Morgan fingerprint density at radius 2 is 1.89 bits per heavy atom. The summed E-state index contributed by atoms with van der Waals surface area (Å²) in [6, 6.07) is 15.1. The minimum absolute atomic E-state index is 0.106. The molecule has 0 unspecified atom stereocenters. The van der Waals surface area contributed by atoms with Gasteiger partial charge in [0, 0.05) is 17.2 Å². The zero-order valence-electron chi connectivity index (χ0n) is 15.9. The van der Waals surface area contributed by atoms with E-state index in [-0.39, 0.29) is 11.9 Å². The van der Waals surface area contributed by atoms with E-state index in [1.165, 1.54) is 0 Å². The molecule has 0 radical (unpaired) electrons. The van der Waals surface area contributed by atoms with Crippen LogP contribution in [-0.2, 0) is 0 Å². The lowest BCUT2D eigenvalue weighted by Crippen LogP contribution is -2.32. The van der Waals surface area contributed by atoms with Gasteiger partial charge < -0.3 is 14.5 Å². The van der Waals surface area contributed by atoms with Crippen molar-refractivity contribution in [3.8, 4) is 28.5 Å². The van der Waals surface area contributed by atoms with Crippen LogP contribution in [0.15, 0.2) is 59.1 Å². The van der Waals surface area contributed by atoms with Gasteiger partial charge in [-0.05, 0) is 56.7 Å². The lowest BCUT2D eigenvalue weighted by Gasteiger charge is -2.12. The number of rotatable bonds is 7. The van der Waals surface area contributed by atoms with E-state index in [1.807, 2.05) is 63.2 Å². The molecule has 0 saturated carbocycles. The molecule has 1 atom stereocenters. The van der Waals surface area contributed by atoms with Gasteiger partial charge >= 0.3 is 0 Å². The monoisotopic (exact) mass is 364 g/mol. The van der Waals surface area contributed by atoms with E-state index in [0.29, 0.717) is 29.4 Å². The van der Waals surface area contributed by atoms with Crippen LogP contribution in [0.2, 0.25) is 0 Å². The summed E-state index contributed by atoms with van der Waals surface area (Å²) in [6.45, 7) is 6.59.